The molecular formula is C5H9NO2. The fourth-order valence-electron chi connectivity index (χ4n) is 0.832. The minimum atomic E-state index is -0.747. The van der Waals surface area contributed by atoms with Crippen LogP contribution in [0.3, 0.4) is 0 Å². The highest BCUT2D eigenvalue weighted by atomic mass is 16.4. The molecule has 1 fully saturated rings. The van der Waals surface area contributed by atoms with Crippen molar-refractivity contribution in [2.24, 2.45) is 11.7 Å². The molecule has 1 aliphatic rings. The first-order valence-corrected chi connectivity index (χ1v) is 2.70. The van der Waals surface area contributed by atoms with Gasteiger partial charge in [-0.25, -0.2) is 0 Å². The van der Waals surface area contributed by atoms with E-state index < -0.39 is 5.97 Å². The normalized spacial score (nSPS) is 36.1. The van der Waals surface area contributed by atoms with Crippen molar-refractivity contribution in [3.8, 4) is 0 Å². The smallest absolute Gasteiger partial charge is 0.308 e. The summed E-state index contributed by atoms with van der Waals surface area (Å²) < 4.78 is 0. The molecule has 2 atom stereocenters. The third-order valence-electron chi connectivity index (χ3n) is 1.65. The van der Waals surface area contributed by atoms with Crippen LogP contribution in [-0.4, -0.2) is 17.1 Å². The molecule has 3 N–H and O–H groups in total. The largest absolute Gasteiger partial charge is 0.481 e. The molecule has 1 rings (SSSR count). The second-order valence-electron chi connectivity index (χ2n) is 2.19. The van der Waals surface area contributed by atoms with Crippen LogP contribution in [0.4, 0.5) is 0 Å². The molecule has 0 aromatic heterocycles. The van der Waals surface area contributed by atoms with E-state index in [4.69, 9.17) is 10.8 Å². The molecule has 0 unspecified atom stereocenters. The van der Waals surface area contributed by atoms with Crippen LogP contribution >= 0.6 is 0 Å². The SMILES string of the molecule is N[C@H]1CC[C@@H]1C(=O)O. The molecule has 1 aliphatic carbocycles. The summed E-state index contributed by atoms with van der Waals surface area (Å²) in [6, 6.07) is -0.0764. The van der Waals surface area contributed by atoms with Gasteiger partial charge in [0.25, 0.3) is 0 Å². The first kappa shape index (κ1) is 5.56. The van der Waals surface area contributed by atoms with Crippen LogP contribution in [-0.2, 0) is 4.79 Å². The monoisotopic (exact) mass is 115 g/mol. The number of rotatable bonds is 1. The lowest BCUT2D eigenvalue weighted by atomic mass is 9.80. The van der Waals surface area contributed by atoms with Gasteiger partial charge in [-0.1, -0.05) is 0 Å². The first-order valence-electron chi connectivity index (χ1n) is 2.70. The van der Waals surface area contributed by atoms with Crippen molar-refractivity contribution in [2.45, 2.75) is 18.9 Å². The number of hydrogen-bond donors (Lipinski definition) is 2. The number of aliphatic carboxylic acids is 1. The topological polar surface area (TPSA) is 63.3 Å². The average Bonchev–Trinajstić information content (AvgIpc) is 1.61. The van der Waals surface area contributed by atoms with Crippen molar-refractivity contribution in [1.29, 1.82) is 0 Å². The highest BCUT2D eigenvalue weighted by Crippen LogP contribution is 2.24. The molecule has 0 saturated heterocycles. The van der Waals surface area contributed by atoms with E-state index in [1.807, 2.05) is 0 Å². The van der Waals surface area contributed by atoms with Crippen molar-refractivity contribution in [2.75, 3.05) is 0 Å². The molecular weight excluding hydrogens is 106 g/mol. The molecule has 0 spiro atoms. The molecule has 1 saturated carbocycles. The molecule has 0 bridgehead atoms. The van der Waals surface area contributed by atoms with E-state index in [0.717, 1.165) is 12.8 Å². The fourth-order valence-corrected chi connectivity index (χ4v) is 0.832. The summed E-state index contributed by atoms with van der Waals surface area (Å²) in [5.74, 6) is -1.00. The van der Waals surface area contributed by atoms with Gasteiger partial charge in [0.1, 0.15) is 0 Å². The van der Waals surface area contributed by atoms with Gasteiger partial charge in [-0.3, -0.25) is 4.79 Å². The van der Waals surface area contributed by atoms with Gasteiger partial charge in [0.15, 0.2) is 0 Å². The predicted octanol–water partition coefficient (Wildman–Crippen LogP) is -0.192. The standard InChI is InChI=1S/C5H9NO2/c6-4-2-1-3(4)5(7)8/h3-4H,1-2,6H2,(H,7,8)/t3-,4-/m0/s1. The molecule has 0 heterocycles. The first-order chi connectivity index (χ1) is 3.72. The Balaban J connectivity index is 2.37. The van der Waals surface area contributed by atoms with E-state index >= 15 is 0 Å². The van der Waals surface area contributed by atoms with Crippen LogP contribution in [0, 0.1) is 5.92 Å². The van der Waals surface area contributed by atoms with E-state index in [0.29, 0.717) is 0 Å². The summed E-state index contributed by atoms with van der Waals surface area (Å²) in [4.78, 5) is 10.1. The van der Waals surface area contributed by atoms with Gasteiger partial charge in [-0.15, -0.1) is 0 Å². The Labute approximate surface area is 47.5 Å². The van der Waals surface area contributed by atoms with Gasteiger partial charge in [0.2, 0.25) is 0 Å². The Kier molecular flexibility index (Phi) is 1.21. The predicted molar refractivity (Wildman–Crippen MR) is 28.3 cm³/mol. The van der Waals surface area contributed by atoms with Crippen LogP contribution in [0.15, 0.2) is 0 Å². The zero-order valence-electron chi connectivity index (χ0n) is 4.50. The van der Waals surface area contributed by atoms with E-state index in [9.17, 15) is 4.79 Å². The van der Waals surface area contributed by atoms with Crippen molar-refractivity contribution in [3.05, 3.63) is 0 Å². The Morgan fingerprint density at radius 2 is 2.25 bits per heavy atom. The van der Waals surface area contributed by atoms with Gasteiger partial charge in [0, 0.05) is 6.04 Å². The zero-order valence-corrected chi connectivity index (χ0v) is 4.50. The van der Waals surface area contributed by atoms with Crippen molar-refractivity contribution in [1.82, 2.24) is 0 Å². The summed E-state index contributed by atoms with van der Waals surface area (Å²) in [5, 5.41) is 8.32. The van der Waals surface area contributed by atoms with E-state index in [-0.39, 0.29) is 12.0 Å². The number of carboxylic acids is 1. The average molecular weight is 115 g/mol. The van der Waals surface area contributed by atoms with Crippen LogP contribution in [0.5, 0.6) is 0 Å². The lowest BCUT2D eigenvalue weighted by Gasteiger charge is -2.29. The van der Waals surface area contributed by atoms with E-state index in [1.165, 1.54) is 0 Å². The molecule has 3 heteroatoms. The highest BCUT2D eigenvalue weighted by molar-refractivity contribution is 5.71. The molecule has 46 valence electrons. The van der Waals surface area contributed by atoms with Crippen LogP contribution in [0.25, 0.3) is 0 Å². The van der Waals surface area contributed by atoms with Crippen molar-refractivity contribution >= 4 is 5.97 Å². The maximum absolute atomic E-state index is 10.1. The number of carboxylic acid groups (broad SMARTS) is 1. The van der Waals surface area contributed by atoms with E-state index in [1.54, 1.807) is 0 Å². The minimum Gasteiger partial charge on any atom is -0.481 e. The van der Waals surface area contributed by atoms with Gasteiger partial charge in [-0.2, -0.15) is 0 Å². The fraction of sp³-hybridized carbons (Fsp3) is 0.800. The molecule has 0 aromatic carbocycles. The third-order valence-corrected chi connectivity index (χ3v) is 1.65. The Bertz CT molecular complexity index is 113. The number of carbonyl (C=O) groups is 1. The zero-order chi connectivity index (χ0) is 6.15. The Morgan fingerprint density at radius 1 is 1.62 bits per heavy atom. The maximum Gasteiger partial charge on any atom is 0.308 e. The Hall–Kier alpha value is -0.570. The van der Waals surface area contributed by atoms with Crippen molar-refractivity contribution < 1.29 is 9.90 Å². The third kappa shape index (κ3) is 0.690. The van der Waals surface area contributed by atoms with Crippen LogP contribution in [0.1, 0.15) is 12.8 Å². The van der Waals surface area contributed by atoms with Gasteiger partial charge >= 0.3 is 5.97 Å². The molecule has 0 aliphatic heterocycles. The van der Waals surface area contributed by atoms with Gasteiger partial charge < -0.3 is 10.8 Å². The van der Waals surface area contributed by atoms with Crippen molar-refractivity contribution in [3.63, 3.8) is 0 Å². The summed E-state index contributed by atoms with van der Waals surface area (Å²) in [7, 11) is 0. The van der Waals surface area contributed by atoms with Gasteiger partial charge in [-0.05, 0) is 12.8 Å². The highest BCUT2D eigenvalue weighted by Gasteiger charge is 2.33. The second kappa shape index (κ2) is 1.74. The second-order valence-corrected chi connectivity index (χ2v) is 2.19. The summed E-state index contributed by atoms with van der Waals surface area (Å²) >= 11 is 0. The summed E-state index contributed by atoms with van der Waals surface area (Å²) in [5.41, 5.74) is 5.34. The number of hydrogen-bond acceptors (Lipinski definition) is 2. The maximum atomic E-state index is 10.1. The number of nitrogens with two attached hydrogens (primary N) is 1. The lowest BCUT2D eigenvalue weighted by Crippen LogP contribution is -2.43. The quantitative estimate of drug-likeness (QED) is 0.497. The van der Waals surface area contributed by atoms with Crippen LogP contribution in [0.2, 0.25) is 0 Å². The molecule has 0 amide bonds. The van der Waals surface area contributed by atoms with E-state index in [2.05, 4.69) is 0 Å². The summed E-state index contributed by atoms with van der Waals surface area (Å²) in [6.07, 6.45) is 1.63. The summed E-state index contributed by atoms with van der Waals surface area (Å²) in [6.45, 7) is 0. The minimum absolute atomic E-state index is 0.0764. The van der Waals surface area contributed by atoms with Gasteiger partial charge in [0.05, 0.1) is 5.92 Å². The molecule has 0 aromatic rings. The Morgan fingerprint density at radius 3 is 2.25 bits per heavy atom. The molecule has 8 heavy (non-hydrogen) atoms. The van der Waals surface area contributed by atoms with Crippen LogP contribution < -0.4 is 5.73 Å². The lowest BCUT2D eigenvalue weighted by molar-refractivity contribution is -0.145. The molecule has 0 radical (unpaired) electrons. The molecule has 3 nitrogen and oxygen atoms in total.